The minimum Gasteiger partial charge on any atom is -0.207 e. The first-order valence-electron chi connectivity index (χ1n) is 11.2. The highest BCUT2D eigenvalue weighted by atomic mass is 32.2. The second-order valence-corrected chi connectivity index (χ2v) is 11.2. The quantitative estimate of drug-likeness (QED) is 0.397. The minimum atomic E-state index is -0.000862. The standard InChI is InChI=1S/C24H37FS2/c1-3-5-6-8-18-9-11-19(12-10-18)22-16-26-24(27-17-22)21-14-13-20(7-4-2)23(25)15-21/h13-15,18-19,22,24H,3-12,16-17H2,1-2H3. The van der Waals surface area contributed by atoms with E-state index in [1.165, 1.54) is 68.4 Å². The Hall–Kier alpha value is -0.150. The van der Waals surface area contributed by atoms with E-state index in [1.807, 2.05) is 6.07 Å². The second kappa shape index (κ2) is 11.1. The average Bonchev–Trinajstić information content (AvgIpc) is 2.71. The topological polar surface area (TPSA) is 0 Å². The summed E-state index contributed by atoms with van der Waals surface area (Å²) in [7, 11) is 0. The van der Waals surface area contributed by atoms with E-state index in [1.54, 1.807) is 6.07 Å². The van der Waals surface area contributed by atoms with E-state index in [4.69, 9.17) is 0 Å². The van der Waals surface area contributed by atoms with Crippen LogP contribution >= 0.6 is 23.5 Å². The molecule has 1 aliphatic carbocycles. The Morgan fingerprint density at radius 2 is 1.67 bits per heavy atom. The summed E-state index contributed by atoms with van der Waals surface area (Å²) >= 11 is 4.12. The molecule has 1 heterocycles. The molecule has 0 spiro atoms. The summed E-state index contributed by atoms with van der Waals surface area (Å²) in [5.41, 5.74) is 2.06. The van der Waals surface area contributed by atoms with Crippen molar-refractivity contribution < 1.29 is 4.39 Å². The van der Waals surface area contributed by atoms with Crippen LogP contribution in [0.25, 0.3) is 0 Å². The zero-order valence-corrected chi connectivity index (χ0v) is 18.9. The molecule has 0 unspecified atom stereocenters. The van der Waals surface area contributed by atoms with Gasteiger partial charge in [0.1, 0.15) is 5.82 Å². The number of hydrogen-bond acceptors (Lipinski definition) is 2. The molecule has 1 aliphatic heterocycles. The first kappa shape index (κ1) is 21.6. The Bertz CT molecular complexity index is 557. The lowest BCUT2D eigenvalue weighted by Gasteiger charge is -2.37. The maximum absolute atomic E-state index is 14.3. The first-order chi connectivity index (χ1) is 13.2. The predicted octanol–water partition coefficient (Wildman–Crippen LogP) is 8.26. The van der Waals surface area contributed by atoms with Crippen molar-refractivity contribution in [3.63, 3.8) is 0 Å². The highest BCUT2D eigenvalue weighted by Gasteiger charge is 2.32. The molecule has 3 rings (SSSR count). The number of halogens is 1. The van der Waals surface area contributed by atoms with Crippen molar-refractivity contribution in [1.29, 1.82) is 0 Å². The molecule has 1 saturated heterocycles. The van der Waals surface area contributed by atoms with E-state index in [0.29, 0.717) is 4.58 Å². The molecule has 0 aromatic heterocycles. The number of aryl methyl sites for hydroxylation is 1. The van der Waals surface area contributed by atoms with Gasteiger partial charge in [-0.05, 0) is 65.7 Å². The summed E-state index contributed by atoms with van der Waals surface area (Å²) in [6.45, 7) is 4.41. The summed E-state index contributed by atoms with van der Waals surface area (Å²) in [6, 6.07) is 5.99. The molecule has 0 nitrogen and oxygen atoms in total. The zero-order chi connectivity index (χ0) is 19.1. The summed E-state index contributed by atoms with van der Waals surface area (Å²) in [6.07, 6.45) is 13.4. The van der Waals surface area contributed by atoms with Gasteiger partial charge in [-0.1, -0.05) is 70.9 Å². The van der Waals surface area contributed by atoms with E-state index in [9.17, 15) is 4.39 Å². The van der Waals surface area contributed by atoms with Crippen LogP contribution in [0.4, 0.5) is 4.39 Å². The van der Waals surface area contributed by atoms with Gasteiger partial charge in [-0.15, -0.1) is 23.5 Å². The molecule has 2 aliphatic rings. The highest BCUT2D eigenvalue weighted by Crippen LogP contribution is 2.49. The Labute approximate surface area is 174 Å². The smallest absolute Gasteiger partial charge is 0.126 e. The van der Waals surface area contributed by atoms with E-state index in [-0.39, 0.29) is 5.82 Å². The fourth-order valence-corrected chi connectivity index (χ4v) is 8.10. The fraction of sp³-hybridized carbons (Fsp3) is 0.750. The normalized spacial score (nSPS) is 29.0. The van der Waals surface area contributed by atoms with Crippen molar-refractivity contribution in [3.05, 3.63) is 35.1 Å². The van der Waals surface area contributed by atoms with Crippen molar-refractivity contribution in [3.8, 4) is 0 Å². The third kappa shape index (κ3) is 6.16. The maximum atomic E-state index is 14.3. The van der Waals surface area contributed by atoms with Gasteiger partial charge < -0.3 is 0 Å². The van der Waals surface area contributed by atoms with Crippen LogP contribution in [0.1, 0.15) is 87.3 Å². The third-order valence-corrected chi connectivity index (χ3v) is 9.77. The van der Waals surface area contributed by atoms with Crippen LogP contribution in [-0.2, 0) is 6.42 Å². The van der Waals surface area contributed by atoms with Gasteiger partial charge in [0.05, 0.1) is 4.58 Å². The van der Waals surface area contributed by atoms with Gasteiger partial charge in [-0.25, -0.2) is 4.39 Å². The van der Waals surface area contributed by atoms with E-state index in [2.05, 4.69) is 43.4 Å². The van der Waals surface area contributed by atoms with Crippen molar-refractivity contribution in [2.75, 3.05) is 11.5 Å². The number of hydrogen-bond donors (Lipinski definition) is 0. The highest BCUT2D eigenvalue weighted by molar-refractivity contribution is 8.16. The maximum Gasteiger partial charge on any atom is 0.126 e. The molecule has 3 heteroatoms. The van der Waals surface area contributed by atoms with Gasteiger partial charge in [-0.3, -0.25) is 0 Å². The average molecular weight is 409 g/mol. The molecule has 1 aromatic carbocycles. The zero-order valence-electron chi connectivity index (χ0n) is 17.2. The first-order valence-corrected chi connectivity index (χ1v) is 13.3. The summed E-state index contributed by atoms with van der Waals surface area (Å²) in [5.74, 6) is 5.35. The van der Waals surface area contributed by atoms with Crippen LogP contribution in [0.15, 0.2) is 18.2 Å². The number of benzene rings is 1. The summed E-state index contributed by atoms with van der Waals surface area (Å²) < 4.78 is 14.7. The van der Waals surface area contributed by atoms with Crippen LogP contribution in [0.3, 0.4) is 0 Å². The van der Waals surface area contributed by atoms with Crippen molar-refractivity contribution in [2.24, 2.45) is 17.8 Å². The Morgan fingerprint density at radius 1 is 0.926 bits per heavy atom. The Kier molecular flexibility index (Phi) is 8.90. The molecular formula is C24H37FS2. The monoisotopic (exact) mass is 408 g/mol. The molecule has 152 valence electrons. The van der Waals surface area contributed by atoms with Crippen LogP contribution in [0, 0.1) is 23.6 Å². The SMILES string of the molecule is CCCCCC1CCC(C2CSC(c3ccc(CCC)c(F)c3)SC2)CC1. The lowest BCUT2D eigenvalue weighted by molar-refractivity contribution is 0.218. The number of unbranched alkanes of at least 4 members (excludes halogenated alkanes) is 2. The minimum absolute atomic E-state index is 0.000862. The van der Waals surface area contributed by atoms with Crippen molar-refractivity contribution >= 4 is 23.5 Å². The molecule has 1 aromatic rings. The molecule has 0 radical (unpaired) electrons. The second-order valence-electron chi connectivity index (χ2n) is 8.64. The molecule has 2 fully saturated rings. The van der Waals surface area contributed by atoms with Crippen LogP contribution in [0.5, 0.6) is 0 Å². The van der Waals surface area contributed by atoms with E-state index >= 15 is 0 Å². The lowest BCUT2D eigenvalue weighted by Crippen LogP contribution is -2.27. The van der Waals surface area contributed by atoms with Crippen LogP contribution in [-0.4, -0.2) is 11.5 Å². The largest absolute Gasteiger partial charge is 0.207 e. The van der Waals surface area contributed by atoms with Crippen LogP contribution < -0.4 is 0 Å². The van der Waals surface area contributed by atoms with Gasteiger partial charge in [0.2, 0.25) is 0 Å². The van der Waals surface area contributed by atoms with Crippen molar-refractivity contribution in [2.45, 2.75) is 82.6 Å². The van der Waals surface area contributed by atoms with E-state index < -0.39 is 0 Å². The molecule has 0 amide bonds. The Morgan fingerprint density at radius 3 is 2.30 bits per heavy atom. The third-order valence-electron chi connectivity index (χ3n) is 6.57. The van der Waals surface area contributed by atoms with E-state index in [0.717, 1.165) is 36.2 Å². The van der Waals surface area contributed by atoms with Crippen molar-refractivity contribution in [1.82, 2.24) is 0 Å². The molecular weight excluding hydrogens is 371 g/mol. The summed E-state index contributed by atoms with van der Waals surface area (Å²) in [5, 5.41) is 0. The molecule has 0 bridgehead atoms. The predicted molar refractivity (Wildman–Crippen MR) is 121 cm³/mol. The molecule has 27 heavy (non-hydrogen) atoms. The fourth-order valence-electron chi connectivity index (χ4n) is 4.80. The molecule has 0 N–H and O–H groups in total. The number of thioether (sulfide) groups is 2. The van der Waals surface area contributed by atoms with Gasteiger partial charge in [0.15, 0.2) is 0 Å². The van der Waals surface area contributed by atoms with Gasteiger partial charge >= 0.3 is 0 Å². The Balaban J connectivity index is 1.43. The number of rotatable bonds is 8. The van der Waals surface area contributed by atoms with Gasteiger partial charge in [0, 0.05) is 0 Å². The van der Waals surface area contributed by atoms with Gasteiger partial charge in [0.25, 0.3) is 0 Å². The van der Waals surface area contributed by atoms with Gasteiger partial charge in [-0.2, -0.15) is 0 Å². The molecule has 1 saturated carbocycles. The molecule has 0 atom stereocenters. The lowest BCUT2D eigenvalue weighted by atomic mass is 9.75. The summed E-state index contributed by atoms with van der Waals surface area (Å²) in [4.78, 5) is 0. The van der Waals surface area contributed by atoms with Crippen LogP contribution in [0.2, 0.25) is 0 Å².